The van der Waals surface area contributed by atoms with Gasteiger partial charge >= 0.3 is 0 Å². The van der Waals surface area contributed by atoms with Gasteiger partial charge in [0.2, 0.25) is 5.91 Å². The van der Waals surface area contributed by atoms with Crippen molar-refractivity contribution in [3.8, 4) is 0 Å². The van der Waals surface area contributed by atoms with Crippen LogP contribution < -0.4 is 5.32 Å². The average Bonchev–Trinajstić information content (AvgIpc) is 1.88. The minimum absolute atomic E-state index is 0.0156. The minimum Gasteiger partial charge on any atom is -0.359 e. The van der Waals surface area contributed by atoms with E-state index in [4.69, 9.17) is 0 Å². The molecule has 0 aliphatic heterocycles. The summed E-state index contributed by atoms with van der Waals surface area (Å²) < 4.78 is 0. The maximum absolute atomic E-state index is 10.8. The summed E-state index contributed by atoms with van der Waals surface area (Å²) in [5.41, 5.74) is 0. The molecule has 0 fully saturated rings. The highest BCUT2D eigenvalue weighted by atomic mass is 16.2. The van der Waals surface area contributed by atoms with E-state index in [1.165, 1.54) is 7.05 Å². The normalized spacial score (nSPS) is 9.00. The molecular formula is C7H13NO2. The zero-order chi connectivity index (χ0) is 7.98. The van der Waals surface area contributed by atoms with Gasteiger partial charge in [-0.15, -0.1) is 0 Å². The van der Waals surface area contributed by atoms with Crippen molar-refractivity contribution < 1.29 is 9.59 Å². The molecular weight excluding hydrogens is 130 g/mol. The molecule has 0 aliphatic carbocycles. The van der Waals surface area contributed by atoms with Crippen LogP contribution in [0.5, 0.6) is 0 Å². The Bertz CT molecular complexity index is 132. The van der Waals surface area contributed by atoms with E-state index < -0.39 is 0 Å². The largest absolute Gasteiger partial charge is 0.359 e. The molecule has 1 amide bonds. The first-order chi connectivity index (χ1) is 4.70. The van der Waals surface area contributed by atoms with Gasteiger partial charge in [0.25, 0.3) is 0 Å². The Hall–Kier alpha value is -0.860. The number of carbonyl (C=O) groups excluding carboxylic acids is 2. The summed E-state index contributed by atoms with van der Waals surface area (Å²) >= 11 is 0. The van der Waals surface area contributed by atoms with Crippen molar-refractivity contribution in [1.82, 2.24) is 5.32 Å². The Morgan fingerprint density at radius 3 is 2.40 bits per heavy atom. The minimum atomic E-state index is -0.196. The van der Waals surface area contributed by atoms with Crippen LogP contribution in [-0.2, 0) is 9.59 Å². The first-order valence-electron chi connectivity index (χ1n) is 3.43. The van der Waals surface area contributed by atoms with Crippen molar-refractivity contribution in [2.45, 2.75) is 26.2 Å². The van der Waals surface area contributed by atoms with E-state index in [2.05, 4.69) is 5.32 Å². The first-order valence-corrected chi connectivity index (χ1v) is 3.43. The van der Waals surface area contributed by atoms with E-state index >= 15 is 0 Å². The monoisotopic (exact) mass is 143 g/mol. The number of carbonyl (C=O) groups is 2. The Kier molecular flexibility index (Phi) is 4.54. The Labute approximate surface area is 60.8 Å². The smallest absolute Gasteiger partial charge is 0.227 e. The predicted octanol–water partition coefficient (Wildman–Crippen LogP) is 0.492. The molecule has 0 aromatic heterocycles. The fraction of sp³-hybridized carbons (Fsp3) is 0.714. The summed E-state index contributed by atoms with van der Waals surface area (Å²) in [6.07, 6.45) is 1.35. The quantitative estimate of drug-likeness (QED) is 0.582. The van der Waals surface area contributed by atoms with Crippen LogP contribution in [0.4, 0.5) is 0 Å². The maximum Gasteiger partial charge on any atom is 0.227 e. The summed E-state index contributed by atoms with van der Waals surface area (Å²) in [6, 6.07) is 0. The number of nitrogens with one attached hydrogen (secondary N) is 1. The molecule has 0 heterocycles. The van der Waals surface area contributed by atoms with Crippen LogP contribution in [-0.4, -0.2) is 18.7 Å². The summed E-state index contributed by atoms with van der Waals surface area (Å²) in [6.45, 7) is 1.92. The second-order valence-corrected chi connectivity index (χ2v) is 2.14. The lowest BCUT2D eigenvalue weighted by Crippen LogP contribution is -2.20. The van der Waals surface area contributed by atoms with Crippen LogP contribution in [0.1, 0.15) is 26.2 Å². The van der Waals surface area contributed by atoms with Gasteiger partial charge in [0.05, 0.1) is 6.42 Å². The van der Waals surface area contributed by atoms with Gasteiger partial charge in [-0.25, -0.2) is 0 Å². The highest BCUT2D eigenvalue weighted by Gasteiger charge is 2.04. The third kappa shape index (κ3) is 4.06. The number of Topliss-reactive ketones (excluding diaryl/α,β-unsaturated/α-hetero) is 1. The molecule has 3 heteroatoms. The first kappa shape index (κ1) is 9.14. The zero-order valence-electron chi connectivity index (χ0n) is 6.44. The van der Waals surface area contributed by atoms with E-state index in [-0.39, 0.29) is 18.1 Å². The average molecular weight is 143 g/mol. The van der Waals surface area contributed by atoms with Gasteiger partial charge in [-0.3, -0.25) is 9.59 Å². The molecule has 0 bridgehead atoms. The third-order valence-electron chi connectivity index (χ3n) is 1.17. The molecule has 0 aliphatic rings. The lowest BCUT2D eigenvalue weighted by molar-refractivity contribution is -0.127. The molecule has 58 valence electrons. The van der Waals surface area contributed by atoms with E-state index in [0.29, 0.717) is 6.42 Å². The molecule has 1 N–H and O–H groups in total. The molecule has 0 atom stereocenters. The molecule has 0 spiro atoms. The summed E-state index contributed by atoms with van der Waals surface area (Å²) in [4.78, 5) is 21.3. The molecule has 0 rings (SSSR count). The van der Waals surface area contributed by atoms with Crippen LogP contribution in [0.15, 0.2) is 0 Å². The van der Waals surface area contributed by atoms with E-state index in [1.807, 2.05) is 6.92 Å². The lowest BCUT2D eigenvalue weighted by atomic mass is 10.2. The van der Waals surface area contributed by atoms with E-state index in [9.17, 15) is 9.59 Å². The number of hydrogen-bond donors (Lipinski definition) is 1. The second-order valence-electron chi connectivity index (χ2n) is 2.14. The van der Waals surface area contributed by atoms with Crippen molar-refractivity contribution in [1.29, 1.82) is 0 Å². The topological polar surface area (TPSA) is 46.2 Å². The van der Waals surface area contributed by atoms with Gasteiger partial charge in [-0.1, -0.05) is 6.92 Å². The van der Waals surface area contributed by atoms with Crippen molar-refractivity contribution in [2.24, 2.45) is 0 Å². The Morgan fingerprint density at radius 1 is 1.40 bits per heavy atom. The molecule has 10 heavy (non-hydrogen) atoms. The van der Waals surface area contributed by atoms with Gasteiger partial charge in [0, 0.05) is 13.5 Å². The van der Waals surface area contributed by atoms with Crippen molar-refractivity contribution in [2.75, 3.05) is 7.05 Å². The Balaban J connectivity index is 3.47. The third-order valence-corrected chi connectivity index (χ3v) is 1.17. The fourth-order valence-electron chi connectivity index (χ4n) is 0.635. The molecule has 3 nitrogen and oxygen atoms in total. The summed E-state index contributed by atoms with van der Waals surface area (Å²) in [5, 5.41) is 2.39. The number of ketones is 1. The molecule has 0 radical (unpaired) electrons. The molecule has 0 aromatic carbocycles. The van der Waals surface area contributed by atoms with E-state index in [0.717, 1.165) is 6.42 Å². The second kappa shape index (κ2) is 4.97. The Morgan fingerprint density at radius 2 is 2.00 bits per heavy atom. The SMILES string of the molecule is CCCC(=O)CC(=O)NC. The highest BCUT2D eigenvalue weighted by molar-refractivity contribution is 5.97. The number of rotatable bonds is 4. The van der Waals surface area contributed by atoms with Crippen LogP contribution >= 0.6 is 0 Å². The zero-order valence-corrected chi connectivity index (χ0v) is 6.44. The molecule has 0 saturated carbocycles. The summed E-state index contributed by atoms with van der Waals surface area (Å²) in [7, 11) is 1.53. The van der Waals surface area contributed by atoms with Gasteiger partial charge in [0.1, 0.15) is 5.78 Å². The highest BCUT2D eigenvalue weighted by Crippen LogP contribution is 1.92. The molecule has 0 aromatic rings. The number of hydrogen-bond acceptors (Lipinski definition) is 2. The molecule has 0 unspecified atom stereocenters. The van der Waals surface area contributed by atoms with Gasteiger partial charge < -0.3 is 5.32 Å². The van der Waals surface area contributed by atoms with Crippen LogP contribution in [0.25, 0.3) is 0 Å². The standard InChI is InChI=1S/C7H13NO2/c1-3-4-6(9)5-7(10)8-2/h3-5H2,1-2H3,(H,8,10). The van der Waals surface area contributed by atoms with Crippen LogP contribution in [0.2, 0.25) is 0 Å². The number of amides is 1. The predicted molar refractivity (Wildman–Crippen MR) is 38.6 cm³/mol. The summed E-state index contributed by atoms with van der Waals surface area (Å²) in [5.74, 6) is -0.180. The lowest BCUT2D eigenvalue weighted by Gasteiger charge is -1.96. The fourth-order valence-corrected chi connectivity index (χ4v) is 0.635. The van der Waals surface area contributed by atoms with Gasteiger partial charge in [0.15, 0.2) is 0 Å². The van der Waals surface area contributed by atoms with Gasteiger partial charge in [-0.05, 0) is 6.42 Å². The van der Waals surface area contributed by atoms with E-state index in [1.54, 1.807) is 0 Å². The van der Waals surface area contributed by atoms with Crippen LogP contribution in [0, 0.1) is 0 Å². The van der Waals surface area contributed by atoms with Crippen molar-refractivity contribution in [3.63, 3.8) is 0 Å². The van der Waals surface area contributed by atoms with Crippen LogP contribution in [0.3, 0.4) is 0 Å². The maximum atomic E-state index is 10.8. The molecule has 0 saturated heterocycles. The van der Waals surface area contributed by atoms with Crippen molar-refractivity contribution >= 4 is 11.7 Å². The van der Waals surface area contributed by atoms with Crippen molar-refractivity contribution in [3.05, 3.63) is 0 Å². The van der Waals surface area contributed by atoms with Gasteiger partial charge in [-0.2, -0.15) is 0 Å².